The van der Waals surface area contributed by atoms with Crippen molar-refractivity contribution < 1.29 is 4.42 Å². The first kappa shape index (κ1) is 9.51. The molecule has 1 aliphatic rings. The molecular formula is C12H15N3O. The normalized spacial score (nSPS) is 23.6. The molecule has 1 aromatic carbocycles. The lowest BCUT2D eigenvalue weighted by Gasteiger charge is -1.97. The molecule has 0 bridgehead atoms. The Bertz CT molecular complexity index is 520. The molecule has 1 saturated carbocycles. The van der Waals surface area contributed by atoms with Gasteiger partial charge in [-0.05, 0) is 24.5 Å². The molecule has 0 spiro atoms. The molecule has 4 nitrogen and oxygen atoms in total. The summed E-state index contributed by atoms with van der Waals surface area (Å²) in [4.78, 5) is 4.37. The zero-order valence-corrected chi connectivity index (χ0v) is 9.23. The summed E-state index contributed by atoms with van der Waals surface area (Å²) in [6.07, 6.45) is 2.43. The van der Waals surface area contributed by atoms with E-state index in [0.29, 0.717) is 17.7 Å². The molecule has 1 heterocycles. The molecule has 1 aromatic heterocycles. The summed E-state index contributed by atoms with van der Waals surface area (Å²) in [5.41, 5.74) is 7.98. The van der Waals surface area contributed by atoms with E-state index in [1.165, 1.54) is 12.8 Å². The highest BCUT2D eigenvalue weighted by molar-refractivity contribution is 5.78. The van der Waals surface area contributed by atoms with Gasteiger partial charge in [-0.2, -0.15) is 4.98 Å². The summed E-state index contributed by atoms with van der Waals surface area (Å²) >= 11 is 0. The molecule has 4 heteroatoms. The quantitative estimate of drug-likeness (QED) is 0.776. The summed E-state index contributed by atoms with van der Waals surface area (Å²) in [7, 11) is 0. The second-order valence-corrected chi connectivity index (χ2v) is 4.40. The molecule has 0 aliphatic heterocycles. The van der Waals surface area contributed by atoms with E-state index in [4.69, 9.17) is 10.2 Å². The van der Waals surface area contributed by atoms with Gasteiger partial charge >= 0.3 is 0 Å². The van der Waals surface area contributed by atoms with Crippen LogP contribution in [0.25, 0.3) is 11.1 Å². The fourth-order valence-electron chi connectivity index (χ4n) is 2.04. The van der Waals surface area contributed by atoms with Crippen molar-refractivity contribution in [3.63, 3.8) is 0 Å². The highest BCUT2D eigenvalue weighted by Gasteiger charge is 2.36. The number of nitrogen functional groups attached to an aromatic ring is 1. The minimum absolute atomic E-state index is 0.537. The molecule has 1 fully saturated rings. The minimum Gasteiger partial charge on any atom is -0.423 e. The smallest absolute Gasteiger partial charge is 0.295 e. The molecule has 16 heavy (non-hydrogen) atoms. The van der Waals surface area contributed by atoms with Gasteiger partial charge in [-0.3, -0.25) is 0 Å². The molecule has 3 rings (SSSR count). The largest absolute Gasteiger partial charge is 0.423 e. The lowest BCUT2D eigenvalue weighted by Crippen LogP contribution is -2.03. The Balaban J connectivity index is 1.83. The molecule has 2 unspecified atom stereocenters. The number of nitrogens with zero attached hydrogens (tertiary/aromatic N) is 1. The van der Waals surface area contributed by atoms with Crippen LogP contribution < -0.4 is 11.1 Å². The Labute approximate surface area is 93.8 Å². The maximum absolute atomic E-state index is 5.68. The Morgan fingerprint density at radius 3 is 3.19 bits per heavy atom. The van der Waals surface area contributed by atoms with Gasteiger partial charge in [-0.25, -0.2) is 0 Å². The highest BCUT2D eigenvalue weighted by Crippen LogP contribution is 2.36. The first-order valence-corrected chi connectivity index (χ1v) is 5.69. The summed E-state index contributed by atoms with van der Waals surface area (Å²) in [6, 6.07) is 6.67. The van der Waals surface area contributed by atoms with Crippen molar-refractivity contribution in [2.45, 2.75) is 25.8 Å². The third-order valence-corrected chi connectivity index (χ3v) is 3.17. The van der Waals surface area contributed by atoms with Crippen LogP contribution in [0.1, 0.15) is 19.8 Å². The number of hydrogen-bond donors (Lipinski definition) is 2. The van der Waals surface area contributed by atoms with Crippen molar-refractivity contribution in [2.24, 2.45) is 5.92 Å². The lowest BCUT2D eigenvalue weighted by molar-refractivity contribution is 0.610. The molecule has 3 N–H and O–H groups in total. The zero-order valence-electron chi connectivity index (χ0n) is 9.23. The Morgan fingerprint density at radius 2 is 2.44 bits per heavy atom. The van der Waals surface area contributed by atoms with Gasteiger partial charge in [0, 0.05) is 17.8 Å². The van der Waals surface area contributed by atoms with E-state index in [-0.39, 0.29) is 0 Å². The van der Waals surface area contributed by atoms with E-state index in [0.717, 1.165) is 17.0 Å². The molecule has 2 atom stereocenters. The van der Waals surface area contributed by atoms with E-state index in [1.807, 2.05) is 12.1 Å². The summed E-state index contributed by atoms with van der Waals surface area (Å²) in [6.45, 7) is 2.21. The van der Waals surface area contributed by atoms with Gasteiger partial charge in [0.1, 0.15) is 5.52 Å². The van der Waals surface area contributed by atoms with Crippen molar-refractivity contribution in [2.75, 3.05) is 11.1 Å². The van der Waals surface area contributed by atoms with E-state index in [2.05, 4.69) is 17.2 Å². The van der Waals surface area contributed by atoms with Gasteiger partial charge in [0.2, 0.25) is 0 Å². The Hall–Kier alpha value is -1.71. The second-order valence-electron chi connectivity index (χ2n) is 4.40. The number of rotatable bonds is 3. The predicted octanol–water partition coefficient (Wildman–Crippen LogP) is 2.62. The second kappa shape index (κ2) is 3.40. The highest BCUT2D eigenvalue weighted by atomic mass is 16.4. The number of nitrogens with one attached hydrogen (secondary N) is 1. The first-order chi connectivity index (χ1) is 7.76. The summed E-state index contributed by atoms with van der Waals surface area (Å²) in [5.74, 6) is 0.778. The molecule has 0 radical (unpaired) electrons. The van der Waals surface area contributed by atoms with E-state index >= 15 is 0 Å². The van der Waals surface area contributed by atoms with Crippen LogP contribution in [0.5, 0.6) is 0 Å². The van der Waals surface area contributed by atoms with Crippen LogP contribution in [0.4, 0.5) is 11.7 Å². The standard InChI is InChI=1S/C12H15N3O/c1-2-7-5-10(7)15-12-14-9-4-3-8(13)6-11(9)16-12/h3-4,6-7,10H,2,5,13H2,1H3,(H,14,15). The number of anilines is 2. The molecule has 84 valence electrons. The van der Waals surface area contributed by atoms with Gasteiger partial charge in [-0.1, -0.05) is 13.3 Å². The van der Waals surface area contributed by atoms with Crippen molar-refractivity contribution >= 4 is 22.8 Å². The molecule has 1 aliphatic carbocycles. The van der Waals surface area contributed by atoms with E-state index in [1.54, 1.807) is 6.07 Å². The molecule has 2 aromatic rings. The SMILES string of the molecule is CCC1CC1Nc1nc2ccc(N)cc2o1. The Kier molecular flexibility index (Phi) is 2.02. The third kappa shape index (κ3) is 1.60. The number of hydrogen-bond acceptors (Lipinski definition) is 4. The van der Waals surface area contributed by atoms with Crippen molar-refractivity contribution in [1.29, 1.82) is 0 Å². The number of aromatic nitrogens is 1. The summed E-state index contributed by atoms with van der Waals surface area (Å²) in [5, 5.41) is 3.31. The van der Waals surface area contributed by atoms with E-state index in [9.17, 15) is 0 Å². The van der Waals surface area contributed by atoms with Gasteiger partial charge < -0.3 is 15.5 Å². The van der Waals surface area contributed by atoms with Gasteiger partial charge in [0.05, 0.1) is 0 Å². The van der Waals surface area contributed by atoms with Crippen LogP contribution in [0, 0.1) is 5.92 Å². The van der Waals surface area contributed by atoms with E-state index < -0.39 is 0 Å². The van der Waals surface area contributed by atoms with Crippen molar-refractivity contribution in [3.05, 3.63) is 18.2 Å². The monoisotopic (exact) mass is 217 g/mol. The number of oxazole rings is 1. The number of nitrogens with two attached hydrogens (primary N) is 1. The van der Waals surface area contributed by atoms with Gasteiger partial charge in [0.25, 0.3) is 6.01 Å². The minimum atomic E-state index is 0.537. The predicted molar refractivity (Wildman–Crippen MR) is 64.2 cm³/mol. The maximum atomic E-state index is 5.68. The average molecular weight is 217 g/mol. The van der Waals surface area contributed by atoms with Crippen LogP contribution in [0.15, 0.2) is 22.6 Å². The van der Waals surface area contributed by atoms with Crippen LogP contribution in [0.2, 0.25) is 0 Å². The fraction of sp³-hybridized carbons (Fsp3) is 0.417. The average Bonchev–Trinajstić information content (AvgIpc) is 2.88. The molecule has 0 amide bonds. The van der Waals surface area contributed by atoms with Gasteiger partial charge in [0.15, 0.2) is 5.58 Å². The number of benzene rings is 1. The van der Waals surface area contributed by atoms with Crippen molar-refractivity contribution in [3.8, 4) is 0 Å². The topological polar surface area (TPSA) is 64.1 Å². The molecule has 0 saturated heterocycles. The number of fused-ring (bicyclic) bond motifs is 1. The van der Waals surface area contributed by atoms with Crippen LogP contribution in [-0.4, -0.2) is 11.0 Å². The van der Waals surface area contributed by atoms with Crippen LogP contribution >= 0.6 is 0 Å². The van der Waals surface area contributed by atoms with Crippen molar-refractivity contribution in [1.82, 2.24) is 4.98 Å². The maximum Gasteiger partial charge on any atom is 0.295 e. The van der Waals surface area contributed by atoms with Gasteiger partial charge in [-0.15, -0.1) is 0 Å². The first-order valence-electron chi connectivity index (χ1n) is 5.69. The summed E-state index contributed by atoms with van der Waals surface area (Å²) < 4.78 is 5.59. The van der Waals surface area contributed by atoms with Crippen LogP contribution in [-0.2, 0) is 0 Å². The lowest BCUT2D eigenvalue weighted by atomic mass is 10.3. The Morgan fingerprint density at radius 1 is 1.56 bits per heavy atom. The fourth-order valence-corrected chi connectivity index (χ4v) is 2.04. The third-order valence-electron chi connectivity index (χ3n) is 3.17. The molecular weight excluding hydrogens is 202 g/mol. The zero-order chi connectivity index (χ0) is 11.1. The van der Waals surface area contributed by atoms with Crippen LogP contribution in [0.3, 0.4) is 0 Å².